The summed E-state index contributed by atoms with van der Waals surface area (Å²) in [6.07, 6.45) is -4.63. The Hall–Kier alpha value is -1.94. The zero-order valence-electron chi connectivity index (χ0n) is 33.1. The van der Waals surface area contributed by atoms with Gasteiger partial charge in [0.1, 0.15) is 30.5 Å². The van der Waals surface area contributed by atoms with Crippen molar-refractivity contribution >= 4 is 11.9 Å². The first kappa shape index (κ1) is 41.7. The number of hydrogen-bond donors (Lipinski definition) is 8. The first-order chi connectivity index (χ1) is 25.0. The second kappa shape index (κ2) is 13.9. The van der Waals surface area contributed by atoms with Crippen LogP contribution < -0.4 is 0 Å². The zero-order valence-corrected chi connectivity index (χ0v) is 33.1. The lowest BCUT2D eigenvalue weighted by atomic mass is 9.33. The van der Waals surface area contributed by atoms with E-state index in [1.165, 1.54) is 0 Å². The molecule has 306 valence electrons. The molecule has 17 atom stereocenters. The van der Waals surface area contributed by atoms with Crippen LogP contribution >= 0.6 is 0 Å². The van der Waals surface area contributed by atoms with Crippen molar-refractivity contribution in [3.8, 4) is 0 Å². The molecule has 1 heterocycles. The second-order valence-electron chi connectivity index (χ2n) is 19.3. The molecule has 0 radical (unpaired) electrons. The number of rotatable bonds is 7. The summed E-state index contributed by atoms with van der Waals surface area (Å²) < 4.78 is 17.7. The molecule has 13 heteroatoms. The van der Waals surface area contributed by atoms with Gasteiger partial charge in [0.05, 0.1) is 30.8 Å². The van der Waals surface area contributed by atoms with Crippen LogP contribution in [0.1, 0.15) is 100 Å². The van der Waals surface area contributed by atoms with Crippen molar-refractivity contribution in [1.82, 2.24) is 0 Å². The van der Waals surface area contributed by atoms with E-state index >= 15 is 0 Å². The van der Waals surface area contributed by atoms with E-state index < -0.39 is 95.3 Å². The molecule has 13 nitrogen and oxygen atoms in total. The van der Waals surface area contributed by atoms with Gasteiger partial charge in [0.2, 0.25) is 0 Å². The molecule has 1 aliphatic heterocycles. The number of hydrogen-bond acceptors (Lipinski definition) is 12. The van der Waals surface area contributed by atoms with Crippen molar-refractivity contribution < 1.29 is 64.7 Å². The number of esters is 1. The van der Waals surface area contributed by atoms with Crippen LogP contribution in [0.2, 0.25) is 0 Å². The zero-order chi connectivity index (χ0) is 40.1. The summed E-state index contributed by atoms with van der Waals surface area (Å²) >= 11 is 0. The monoisotopic (exact) mass is 764 g/mol. The molecular weight excluding hydrogens is 700 g/mol. The van der Waals surface area contributed by atoms with E-state index in [-0.39, 0.29) is 35.2 Å². The van der Waals surface area contributed by atoms with Crippen LogP contribution in [0.15, 0.2) is 23.3 Å². The topological polar surface area (TPSA) is 224 Å². The number of carboxylic acids is 1. The Morgan fingerprint density at radius 2 is 1.57 bits per heavy atom. The highest BCUT2D eigenvalue weighted by molar-refractivity contribution is 5.87. The fraction of sp³-hybridized carbons (Fsp3) is 0.854. The predicted molar refractivity (Wildman–Crippen MR) is 194 cm³/mol. The largest absolute Gasteiger partial charge is 0.479 e. The van der Waals surface area contributed by atoms with Crippen LogP contribution in [0.3, 0.4) is 0 Å². The van der Waals surface area contributed by atoms with Gasteiger partial charge >= 0.3 is 11.9 Å². The summed E-state index contributed by atoms with van der Waals surface area (Å²) in [4.78, 5) is 24.8. The fourth-order valence-electron chi connectivity index (χ4n) is 13.0. The van der Waals surface area contributed by atoms with Crippen molar-refractivity contribution in [1.29, 1.82) is 0 Å². The minimum Gasteiger partial charge on any atom is -0.479 e. The minimum absolute atomic E-state index is 0.0616. The van der Waals surface area contributed by atoms with E-state index in [0.29, 0.717) is 44.1 Å². The molecule has 54 heavy (non-hydrogen) atoms. The summed E-state index contributed by atoms with van der Waals surface area (Å²) in [6, 6.07) is 0. The van der Waals surface area contributed by atoms with Crippen LogP contribution in [0, 0.1) is 50.2 Å². The first-order valence-electron chi connectivity index (χ1n) is 19.8. The Labute approximate surface area is 318 Å². The third kappa shape index (κ3) is 5.65. The number of aliphatic carboxylic acids is 1. The quantitative estimate of drug-likeness (QED) is 0.0809. The second-order valence-corrected chi connectivity index (χ2v) is 19.3. The number of carbonyl (C=O) groups excluding carboxylic acids is 1. The predicted octanol–water partition coefficient (Wildman–Crippen LogP) is 2.46. The molecule has 0 bridgehead atoms. The van der Waals surface area contributed by atoms with Crippen molar-refractivity contribution in [2.45, 2.75) is 155 Å². The summed E-state index contributed by atoms with van der Waals surface area (Å²) in [6.45, 7) is 15.4. The molecular formula is C41H64O13. The van der Waals surface area contributed by atoms with Gasteiger partial charge in [0, 0.05) is 16.4 Å². The van der Waals surface area contributed by atoms with Crippen molar-refractivity contribution in [2.75, 3.05) is 13.2 Å². The van der Waals surface area contributed by atoms with Gasteiger partial charge in [-0.2, -0.15) is 0 Å². The van der Waals surface area contributed by atoms with E-state index in [9.17, 15) is 50.4 Å². The maximum absolute atomic E-state index is 13.0. The number of fused-ring (bicyclic) bond motifs is 7. The van der Waals surface area contributed by atoms with Crippen LogP contribution in [0.25, 0.3) is 0 Å². The Morgan fingerprint density at radius 1 is 0.907 bits per heavy atom. The SMILES string of the molecule is C/C=C(\C)C(=O)O[C@H]1[C@H](O)[C@@]2(CO)[C@H](CC1(C)C)C1=CC[C@@H]3[C@@]4(C)CC[C@H](O[C@@H]5O[C@H](C(=O)O)[C@@H](O)[C@H](O)[C@H]5O)[C@@](C)(CO)[C@@H]4CC[C@@]3(C)[C@]1(C)C[C@@H]2O. The smallest absolute Gasteiger partial charge is 0.335 e. The van der Waals surface area contributed by atoms with Gasteiger partial charge in [-0.25, -0.2) is 9.59 Å². The Bertz CT molecular complexity index is 1540. The van der Waals surface area contributed by atoms with Gasteiger partial charge in [-0.05, 0) is 92.8 Å². The molecule has 0 aromatic carbocycles. The van der Waals surface area contributed by atoms with E-state index in [1.54, 1.807) is 19.9 Å². The number of allylic oxidation sites excluding steroid dienone is 3. The molecule has 0 aromatic heterocycles. The molecule has 0 amide bonds. The van der Waals surface area contributed by atoms with Crippen LogP contribution in [0.5, 0.6) is 0 Å². The van der Waals surface area contributed by atoms with Gasteiger partial charge in [0.25, 0.3) is 0 Å². The van der Waals surface area contributed by atoms with E-state index in [0.717, 1.165) is 12.0 Å². The molecule has 5 aliphatic carbocycles. The van der Waals surface area contributed by atoms with Gasteiger partial charge in [-0.3, -0.25) is 0 Å². The molecule has 8 N–H and O–H groups in total. The molecule has 0 spiro atoms. The number of carbonyl (C=O) groups is 2. The molecule has 6 aliphatic rings. The highest BCUT2D eigenvalue weighted by atomic mass is 16.7. The van der Waals surface area contributed by atoms with Gasteiger partial charge < -0.3 is 55.1 Å². The van der Waals surface area contributed by atoms with Crippen molar-refractivity contribution in [3.63, 3.8) is 0 Å². The van der Waals surface area contributed by atoms with Crippen LogP contribution in [0.4, 0.5) is 0 Å². The van der Waals surface area contributed by atoms with Gasteiger partial charge in [-0.1, -0.05) is 59.3 Å². The highest BCUT2D eigenvalue weighted by Gasteiger charge is 2.73. The molecule has 6 rings (SSSR count). The summed E-state index contributed by atoms with van der Waals surface area (Å²) in [7, 11) is 0. The fourth-order valence-corrected chi connectivity index (χ4v) is 13.0. The first-order valence-corrected chi connectivity index (χ1v) is 19.8. The third-order valence-electron chi connectivity index (χ3n) is 16.6. The van der Waals surface area contributed by atoms with E-state index in [2.05, 4.69) is 26.8 Å². The average molecular weight is 765 g/mol. The van der Waals surface area contributed by atoms with Crippen LogP contribution in [-0.4, -0.2) is 121 Å². The molecule has 5 fully saturated rings. The Morgan fingerprint density at radius 3 is 2.17 bits per heavy atom. The highest BCUT2D eigenvalue weighted by Crippen LogP contribution is 2.76. The summed E-state index contributed by atoms with van der Waals surface area (Å²) in [5, 5.41) is 87.7. The van der Waals surface area contributed by atoms with E-state index in [1.807, 2.05) is 20.8 Å². The van der Waals surface area contributed by atoms with Crippen molar-refractivity contribution in [2.24, 2.45) is 50.2 Å². The lowest BCUT2D eigenvalue weighted by Gasteiger charge is -2.72. The van der Waals surface area contributed by atoms with E-state index in [4.69, 9.17) is 14.2 Å². The van der Waals surface area contributed by atoms with Gasteiger partial charge in [0.15, 0.2) is 12.4 Å². The lowest BCUT2D eigenvalue weighted by Crippen LogP contribution is -2.72. The number of aliphatic hydroxyl groups excluding tert-OH is 7. The number of carboxylic acid groups (broad SMARTS) is 1. The maximum Gasteiger partial charge on any atom is 0.335 e. The standard InChI is InChI=1S/C41H64O13/c1-9-20(2)34(51)54-32-31(48)41(19-43)22(16-36(32,3)4)21-10-11-24-37(5)14-13-26(52-35-29(47)27(45)28(46)30(53-35)33(49)50)38(6,18-42)23(37)12-15-39(24,7)40(21,8)17-25(41)44/h9-10,22-32,35,42-48H,11-19H2,1-8H3,(H,49,50)/b20-9+/t22-,23-,24-,25+,26+,27+,28+,29-,30+,31+,32+,35-,37+,38+,39-,40-,41+/m1/s1. The molecule has 0 aromatic rings. The lowest BCUT2D eigenvalue weighted by molar-refractivity contribution is -0.328. The normalized spacial score (nSPS) is 51.5. The van der Waals surface area contributed by atoms with Crippen LogP contribution in [-0.2, 0) is 23.8 Å². The molecule has 0 unspecified atom stereocenters. The Balaban J connectivity index is 1.32. The number of ether oxygens (including phenoxy) is 3. The molecule has 1 saturated heterocycles. The average Bonchev–Trinajstić information content (AvgIpc) is 3.10. The molecule has 4 saturated carbocycles. The minimum atomic E-state index is -1.84. The third-order valence-corrected chi connectivity index (χ3v) is 16.6. The summed E-state index contributed by atoms with van der Waals surface area (Å²) in [5.41, 5.74) is -2.46. The van der Waals surface area contributed by atoms with Gasteiger partial charge in [-0.15, -0.1) is 0 Å². The Kier molecular flexibility index (Phi) is 10.7. The summed E-state index contributed by atoms with van der Waals surface area (Å²) in [5.74, 6) is -2.35. The van der Waals surface area contributed by atoms with Crippen molar-refractivity contribution in [3.05, 3.63) is 23.3 Å². The maximum atomic E-state index is 13.0. The number of aliphatic hydroxyl groups is 7.